The van der Waals surface area contributed by atoms with Crippen LogP contribution in [0.5, 0.6) is 0 Å². The van der Waals surface area contributed by atoms with Gasteiger partial charge >= 0.3 is 0 Å². The van der Waals surface area contributed by atoms with Gasteiger partial charge in [0.25, 0.3) is 5.91 Å². The van der Waals surface area contributed by atoms with Gasteiger partial charge < -0.3 is 4.57 Å². The van der Waals surface area contributed by atoms with Gasteiger partial charge in [-0.25, -0.2) is 0 Å². The van der Waals surface area contributed by atoms with Crippen molar-refractivity contribution in [2.75, 3.05) is 0 Å². The van der Waals surface area contributed by atoms with E-state index in [1.54, 1.807) is 18.5 Å². The maximum Gasteiger partial charge on any atom is 0.283 e. The van der Waals surface area contributed by atoms with Crippen LogP contribution >= 0.6 is 23.4 Å². The van der Waals surface area contributed by atoms with Gasteiger partial charge in [-0.3, -0.25) is 15.2 Å². The molecule has 1 N–H and O–H groups in total. The third kappa shape index (κ3) is 3.61. The number of carbonyl (C=O) groups excluding carboxylic acids is 1. The van der Waals surface area contributed by atoms with E-state index in [4.69, 9.17) is 17.0 Å². The summed E-state index contributed by atoms with van der Waals surface area (Å²) in [6.07, 6.45) is 5.09. The summed E-state index contributed by atoms with van der Waals surface area (Å²) in [5.74, 6) is -0.453. The Bertz CT molecular complexity index is 1420. The summed E-state index contributed by atoms with van der Waals surface area (Å²) in [5.41, 5.74) is 5.73. The Balaban J connectivity index is 1.54. The molecule has 0 saturated carbocycles. The van der Waals surface area contributed by atoms with Crippen molar-refractivity contribution < 1.29 is 4.79 Å². The quantitative estimate of drug-likeness (QED) is 0.534. The molecule has 7 nitrogen and oxygen atoms in total. The summed E-state index contributed by atoms with van der Waals surface area (Å²) in [4.78, 5) is 21.1. The van der Waals surface area contributed by atoms with E-state index in [9.17, 15) is 4.79 Å². The minimum Gasteiger partial charge on any atom is -0.318 e. The molecule has 0 unspecified atom stereocenters. The molecule has 0 spiro atoms. The fourth-order valence-electron chi connectivity index (χ4n) is 3.90. The number of aromatic nitrogens is 2. The number of nitrogens with zero attached hydrogens (tertiary/aromatic N) is 5. The van der Waals surface area contributed by atoms with Gasteiger partial charge in [-0.05, 0) is 80.1 Å². The van der Waals surface area contributed by atoms with Crippen LogP contribution < -0.4 is 0 Å². The van der Waals surface area contributed by atoms with E-state index < -0.39 is 5.91 Å². The Labute approximate surface area is 200 Å². The molecule has 2 aliphatic heterocycles. The van der Waals surface area contributed by atoms with Crippen LogP contribution in [0.1, 0.15) is 28.1 Å². The molecule has 164 valence electrons. The number of nitrogens with one attached hydrogen (secondary N) is 1. The number of amidine groups is 2. The third-order valence-corrected chi connectivity index (χ3v) is 6.98. The van der Waals surface area contributed by atoms with Crippen LogP contribution in [-0.4, -0.2) is 36.5 Å². The highest BCUT2D eigenvalue weighted by Crippen LogP contribution is 2.32. The second kappa shape index (κ2) is 8.13. The van der Waals surface area contributed by atoms with Crippen LogP contribution in [0.3, 0.4) is 0 Å². The standard InChI is InChI=1S/C24H19ClN6OS/c1-13-10-17(15(3)30(13)20-8-4-7-19(25)14(20)2)11-18-21(26)31-24(28-22(18)32)33-23(29-31)16-6-5-9-27-12-16/h4-12,26H,1-3H3. The summed E-state index contributed by atoms with van der Waals surface area (Å²) < 4.78 is 2.10. The lowest BCUT2D eigenvalue weighted by Gasteiger charge is -2.20. The van der Waals surface area contributed by atoms with Crippen LogP contribution in [0.2, 0.25) is 5.02 Å². The van der Waals surface area contributed by atoms with E-state index in [1.807, 2.05) is 57.2 Å². The molecule has 0 fully saturated rings. The second-order valence-corrected chi connectivity index (χ2v) is 9.08. The Morgan fingerprint density at radius 1 is 1.15 bits per heavy atom. The lowest BCUT2D eigenvalue weighted by molar-refractivity contribution is -0.114. The first kappa shape index (κ1) is 21.4. The zero-order valence-electron chi connectivity index (χ0n) is 18.1. The number of benzene rings is 1. The van der Waals surface area contributed by atoms with Gasteiger partial charge in [0.1, 0.15) is 5.04 Å². The molecule has 0 saturated heterocycles. The van der Waals surface area contributed by atoms with Crippen molar-refractivity contribution in [3.8, 4) is 5.69 Å². The monoisotopic (exact) mass is 474 g/mol. The van der Waals surface area contributed by atoms with Crippen molar-refractivity contribution in [2.24, 2.45) is 10.1 Å². The first-order valence-corrected chi connectivity index (χ1v) is 11.4. The van der Waals surface area contributed by atoms with Gasteiger partial charge in [0.15, 0.2) is 5.84 Å². The zero-order chi connectivity index (χ0) is 23.3. The Morgan fingerprint density at radius 3 is 2.73 bits per heavy atom. The van der Waals surface area contributed by atoms with Crippen molar-refractivity contribution in [2.45, 2.75) is 20.8 Å². The zero-order valence-corrected chi connectivity index (χ0v) is 19.7. The number of rotatable bonds is 3. The molecule has 0 bridgehead atoms. The average Bonchev–Trinajstić information content (AvgIpc) is 3.34. The summed E-state index contributed by atoms with van der Waals surface area (Å²) in [6, 6.07) is 11.5. The number of fused-ring (bicyclic) bond motifs is 1. The fraction of sp³-hybridized carbons (Fsp3) is 0.125. The lowest BCUT2D eigenvalue weighted by Crippen LogP contribution is -2.35. The first-order chi connectivity index (χ1) is 15.8. The number of carbonyl (C=O) groups is 1. The van der Waals surface area contributed by atoms with Gasteiger partial charge in [-0.1, -0.05) is 17.7 Å². The lowest BCUT2D eigenvalue weighted by atomic mass is 10.1. The minimum atomic E-state index is -0.454. The van der Waals surface area contributed by atoms with E-state index >= 15 is 0 Å². The number of halogens is 1. The molecule has 2 aromatic heterocycles. The van der Waals surface area contributed by atoms with E-state index in [0.29, 0.717) is 15.2 Å². The second-order valence-electron chi connectivity index (χ2n) is 7.71. The minimum absolute atomic E-state index is 0.000120. The summed E-state index contributed by atoms with van der Waals surface area (Å²) in [5, 5.41) is 16.3. The third-order valence-electron chi connectivity index (χ3n) is 5.61. The number of hydrazone groups is 1. The number of amides is 1. The Hall–Kier alpha value is -3.49. The van der Waals surface area contributed by atoms with Crippen LogP contribution in [0.25, 0.3) is 11.8 Å². The number of pyridine rings is 1. The highest BCUT2D eigenvalue weighted by Gasteiger charge is 2.36. The van der Waals surface area contributed by atoms with Crippen molar-refractivity contribution in [3.05, 3.63) is 87.5 Å². The number of thioether (sulfide) groups is 1. The molecule has 1 amide bonds. The van der Waals surface area contributed by atoms with E-state index in [1.165, 1.54) is 16.8 Å². The highest BCUT2D eigenvalue weighted by atomic mass is 35.5. The molecule has 0 atom stereocenters. The first-order valence-electron chi connectivity index (χ1n) is 10.2. The molecule has 1 aromatic carbocycles. The van der Waals surface area contributed by atoms with Crippen LogP contribution in [-0.2, 0) is 4.79 Å². The summed E-state index contributed by atoms with van der Waals surface area (Å²) in [6.45, 7) is 5.96. The maximum absolute atomic E-state index is 12.8. The predicted molar refractivity (Wildman–Crippen MR) is 133 cm³/mol. The molecule has 2 aliphatic rings. The molecule has 9 heteroatoms. The van der Waals surface area contributed by atoms with Gasteiger partial charge in [-0.15, -0.1) is 0 Å². The maximum atomic E-state index is 12.8. The Kier molecular flexibility index (Phi) is 5.26. The van der Waals surface area contributed by atoms with E-state index in [-0.39, 0.29) is 11.4 Å². The topological polar surface area (TPSA) is 86.7 Å². The van der Waals surface area contributed by atoms with Crippen molar-refractivity contribution in [3.63, 3.8) is 0 Å². The van der Waals surface area contributed by atoms with Crippen LogP contribution in [0.4, 0.5) is 0 Å². The largest absolute Gasteiger partial charge is 0.318 e. The number of aliphatic imine (C=N–C) groups is 1. The molecule has 0 aliphatic carbocycles. The Morgan fingerprint density at radius 2 is 1.97 bits per heavy atom. The SMILES string of the molecule is Cc1c(Cl)cccc1-n1c(C)cc(C=C2C(=N)N3N=C(c4cccnc4)SC3=NC2=O)c1C. The smallest absolute Gasteiger partial charge is 0.283 e. The van der Waals surface area contributed by atoms with Gasteiger partial charge in [0, 0.05) is 40.1 Å². The molecule has 3 aromatic rings. The predicted octanol–water partition coefficient (Wildman–Crippen LogP) is 5.12. The molecule has 0 radical (unpaired) electrons. The van der Waals surface area contributed by atoms with Gasteiger partial charge in [0.05, 0.1) is 5.57 Å². The number of hydrogen-bond donors (Lipinski definition) is 1. The number of aryl methyl sites for hydroxylation is 1. The van der Waals surface area contributed by atoms with Crippen LogP contribution in [0.15, 0.2) is 64.5 Å². The fourth-order valence-corrected chi connectivity index (χ4v) is 4.95. The van der Waals surface area contributed by atoms with Crippen molar-refractivity contribution >= 4 is 51.4 Å². The molecule has 33 heavy (non-hydrogen) atoms. The molecule has 5 rings (SSSR count). The van der Waals surface area contributed by atoms with Crippen molar-refractivity contribution in [1.82, 2.24) is 14.6 Å². The average molecular weight is 475 g/mol. The summed E-state index contributed by atoms with van der Waals surface area (Å²) >= 11 is 7.59. The van der Waals surface area contributed by atoms with Crippen LogP contribution in [0, 0.1) is 26.2 Å². The summed E-state index contributed by atoms with van der Waals surface area (Å²) in [7, 11) is 0. The van der Waals surface area contributed by atoms with E-state index in [0.717, 1.165) is 33.8 Å². The number of hydrogen-bond acceptors (Lipinski definition) is 5. The van der Waals surface area contributed by atoms with Crippen molar-refractivity contribution in [1.29, 1.82) is 5.41 Å². The normalized spacial score (nSPS) is 16.8. The van der Waals surface area contributed by atoms with Gasteiger partial charge in [0.2, 0.25) is 5.17 Å². The molecule has 4 heterocycles. The van der Waals surface area contributed by atoms with Gasteiger partial charge in [-0.2, -0.15) is 15.1 Å². The highest BCUT2D eigenvalue weighted by molar-refractivity contribution is 8.27. The van der Waals surface area contributed by atoms with E-state index in [2.05, 4.69) is 19.6 Å². The molecular weight excluding hydrogens is 456 g/mol. The molecular formula is C24H19ClN6OS.